The fraction of sp³-hybridized carbons (Fsp3) is 0.962. The summed E-state index contributed by atoms with van der Waals surface area (Å²) in [7, 11) is -3.16. The molecule has 8 atom stereocenters. The Labute approximate surface area is 205 Å². The van der Waals surface area contributed by atoms with Crippen LogP contribution in [0, 0.1) is 40.4 Å². The third-order valence-electron chi connectivity index (χ3n) is 11.2. The highest BCUT2D eigenvalue weighted by atomic mass is 32.2. The van der Waals surface area contributed by atoms with Gasteiger partial charge in [0.2, 0.25) is 10.0 Å². The number of hydrogen-bond acceptors (Lipinski definition) is 6. The normalized spacial score (nSPS) is 45.9. The Kier molecular flexibility index (Phi) is 6.71. The molecule has 0 aromatic heterocycles. The van der Waals surface area contributed by atoms with Gasteiger partial charge in [-0.05, 0) is 92.3 Å². The largest absolute Gasteiger partial charge is 0.396 e. The molecule has 8 unspecified atom stereocenters. The Bertz CT molecular complexity index is 888. The minimum atomic E-state index is -3.16. The lowest BCUT2D eigenvalue weighted by atomic mass is 9.44. The summed E-state index contributed by atoms with van der Waals surface area (Å²) >= 11 is 0. The molecule has 1 aliphatic heterocycles. The molecule has 1 saturated heterocycles. The van der Waals surface area contributed by atoms with Crippen LogP contribution in [0.15, 0.2) is 0 Å². The maximum absolute atomic E-state index is 13.6. The molecular weight excluding hydrogens is 452 g/mol. The number of fused-ring (bicyclic) bond motifs is 5. The van der Waals surface area contributed by atoms with Crippen molar-refractivity contribution in [3.8, 4) is 0 Å². The van der Waals surface area contributed by atoms with Gasteiger partial charge in [0.05, 0.1) is 18.9 Å². The summed E-state index contributed by atoms with van der Waals surface area (Å²) in [4.78, 5) is 15.7. The number of aliphatic hydroxyl groups is 2. The van der Waals surface area contributed by atoms with E-state index in [0.29, 0.717) is 62.2 Å². The number of piperazine rings is 1. The van der Waals surface area contributed by atoms with Gasteiger partial charge in [-0.15, -0.1) is 0 Å². The van der Waals surface area contributed by atoms with Crippen LogP contribution in [0.4, 0.5) is 0 Å². The number of Topliss-reactive ketones (excluding diaryl/α,β-unsaturated/α-hetero) is 1. The summed E-state index contributed by atoms with van der Waals surface area (Å²) in [5.41, 5.74) is 0.0232. The molecule has 5 rings (SSSR count). The number of carbonyl (C=O) groups excluding carboxylic acids is 1. The molecule has 8 heteroatoms. The van der Waals surface area contributed by atoms with Gasteiger partial charge in [-0.3, -0.25) is 9.69 Å². The van der Waals surface area contributed by atoms with Crippen LogP contribution >= 0.6 is 0 Å². The zero-order valence-corrected chi connectivity index (χ0v) is 21.8. The van der Waals surface area contributed by atoms with Crippen molar-refractivity contribution in [1.29, 1.82) is 0 Å². The van der Waals surface area contributed by atoms with E-state index in [4.69, 9.17) is 0 Å². The fourth-order valence-corrected chi connectivity index (χ4v) is 10.2. The Balaban J connectivity index is 1.26. The maximum Gasteiger partial charge on any atom is 0.211 e. The number of nitrogens with zero attached hydrogens (tertiary/aromatic N) is 2. The molecule has 4 saturated carbocycles. The SMILES string of the molecule is CC12CCC3C(CCC4CC(O)CCC43CO)C1CCC2C(=O)CN1CCN(S(C)(=O)=O)CC1. The second-order valence-corrected chi connectivity index (χ2v) is 14.5. The molecule has 5 aliphatic rings. The highest BCUT2D eigenvalue weighted by Gasteiger charge is 2.62. The van der Waals surface area contributed by atoms with Crippen molar-refractivity contribution in [3.05, 3.63) is 0 Å². The lowest BCUT2D eigenvalue weighted by Crippen LogP contribution is -2.57. The number of hydrogen-bond donors (Lipinski definition) is 2. The standard InChI is InChI=1S/C26H44N2O5S/c1-25-9-8-22-20(4-3-18-15-19(30)7-10-26(18,22)17-29)21(25)5-6-23(25)24(31)16-27-11-13-28(14-12-27)34(2,32)33/h18-23,29-30H,3-17H2,1-2H3. The zero-order chi connectivity index (χ0) is 24.3. The van der Waals surface area contributed by atoms with E-state index in [9.17, 15) is 23.4 Å². The van der Waals surface area contributed by atoms with Crippen molar-refractivity contribution in [1.82, 2.24) is 9.21 Å². The molecule has 1 heterocycles. The first-order chi connectivity index (χ1) is 16.1. The number of aliphatic hydroxyl groups excluding tert-OH is 2. The minimum Gasteiger partial charge on any atom is -0.396 e. The predicted octanol–water partition coefficient (Wildman–Crippen LogP) is 2.12. The second-order valence-electron chi connectivity index (χ2n) is 12.5. The lowest BCUT2D eigenvalue weighted by molar-refractivity contribution is -0.157. The summed E-state index contributed by atoms with van der Waals surface area (Å²) in [6.45, 7) is 5.26. The molecule has 7 nitrogen and oxygen atoms in total. The molecule has 0 aromatic carbocycles. The van der Waals surface area contributed by atoms with E-state index in [-0.39, 0.29) is 29.5 Å². The van der Waals surface area contributed by atoms with Gasteiger partial charge >= 0.3 is 0 Å². The topological polar surface area (TPSA) is 98.2 Å². The molecule has 2 N–H and O–H groups in total. The van der Waals surface area contributed by atoms with Gasteiger partial charge in [0.15, 0.2) is 0 Å². The van der Waals surface area contributed by atoms with Gasteiger partial charge in [-0.1, -0.05) is 6.92 Å². The second kappa shape index (κ2) is 9.09. The predicted molar refractivity (Wildman–Crippen MR) is 130 cm³/mol. The van der Waals surface area contributed by atoms with Crippen LogP contribution in [-0.4, -0.2) is 85.3 Å². The average Bonchev–Trinajstić information content (AvgIpc) is 3.16. The summed E-state index contributed by atoms with van der Waals surface area (Å²) in [5, 5.41) is 20.9. The maximum atomic E-state index is 13.6. The van der Waals surface area contributed by atoms with Crippen LogP contribution in [0.1, 0.15) is 64.7 Å². The summed E-state index contributed by atoms with van der Waals surface area (Å²) in [5.74, 6) is 2.56. The van der Waals surface area contributed by atoms with Gasteiger partial charge in [0.25, 0.3) is 0 Å². The van der Waals surface area contributed by atoms with Crippen molar-refractivity contribution >= 4 is 15.8 Å². The first kappa shape index (κ1) is 25.1. The molecule has 0 bridgehead atoms. The highest BCUT2D eigenvalue weighted by molar-refractivity contribution is 7.88. The smallest absolute Gasteiger partial charge is 0.211 e. The van der Waals surface area contributed by atoms with Crippen LogP contribution in [-0.2, 0) is 14.8 Å². The molecule has 34 heavy (non-hydrogen) atoms. The highest BCUT2D eigenvalue weighted by Crippen LogP contribution is 2.67. The van der Waals surface area contributed by atoms with Gasteiger partial charge in [-0.25, -0.2) is 8.42 Å². The van der Waals surface area contributed by atoms with E-state index in [1.807, 2.05) is 0 Å². The van der Waals surface area contributed by atoms with Gasteiger partial charge < -0.3 is 10.2 Å². The fourth-order valence-electron chi connectivity index (χ4n) is 9.42. The van der Waals surface area contributed by atoms with Crippen molar-refractivity contribution in [2.45, 2.75) is 70.8 Å². The van der Waals surface area contributed by atoms with E-state index in [1.165, 1.54) is 17.0 Å². The molecule has 5 fully saturated rings. The van der Waals surface area contributed by atoms with E-state index in [2.05, 4.69) is 11.8 Å². The monoisotopic (exact) mass is 496 g/mol. The number of rotatable bonds is 5. The molecular formula is C26H44N2O5S. The van der Waals surface area contributed by atoms with Gasteiger partial charge in [-0.2, -0.15) is 4.31 Å². The molecule has 0 aromatic rings. The summed E-state index contributed by atoms with van der Waals surface area (Å²) < 4.78 is 25.1. The lowest BCUT2D eigenvalue weighted by Gasteiger charge is -2.61. The van der Waals surface area contributed by atoms with Crippen molar-refractivity contribution in [3.63, 3.8) is 0 Å². The Morgan fingerprint density at radius 1 is 0.971 bits per heavy atom. The van der Waals surface area contributed by atoms with Gasteiger partial charge in [0.1, 0.15) is 5.78 Å². The van der Waals surface area contributed by atoms with Crippen molar-refractivity contribution in [2.24, 2.45) is 40.4 Å². The Morgan fingerprint density at radius 3 is 2.38 bits per heavy atom. The van der Waals surface area contributed by atoms with Crippen molar-refractivity contribution < 1.29 is 23.4 Å². The Morgan fingerprint density at radius 2 is 1.71 bits per heavy atom. The molecule has 0 radical (unpaired) electrons. The third-order valence-corrected chi connectivity index (χ3v) is 12.5. The van der Waals surface area contributed by atoms with Gasteiger partial charge in [0, 0.05) is 38.7 Å². The van der Waals surface area contributed by atoms with Crippen LogP contribution in [0.2, 0.25) is 0 Å². The number of sulfonamides is 1. The quantitative estimate of drug-likeness (QED) is 0.605. The van der Waals surface area contributed by atoms with Crippen LogP contribution in [0.25, 0.3) is 0 Å². The van der Waals surface area contributed by atoms with E-state index < -0.39 is 10.0 Å². The average molecular weight is 497 g/mol. The Hall–Kier alpha value is -0.540. The third kappa shape index (κ3) is 4.09. The van der Waals surface area contributed by atoms with Crippen LogP contribution < -0.4 is 0 Å². The number of carbonyl (C=O) groups is 1. The van der Waals surface area contributed by atoms with Crippen LogP contribution in [0.5, 0.6) is 0 Å². The summed E-state index contributed by atoms with van der Waals surface area (Å²) in [6, 6.07) is 0. The molecule has 0 amide bonds. The minimum absolute atomic E-state index is 0.0230. The summed E-state index contributed by atoms with van der Waals surface area (Å²) in [6.07, 6.45) is 10.2. The van der Waals surface area contributed by atoms with Crippen LogP contribution in [0.3, 0.4) is 0 Å². The van der Waals surface area contributed by atoms with E-state index >= 15 is 0 Å². The molecule has 4 aliphatic carbocycles. The van der Waals surface area contributed by atoms with Crippen molar-refractivity contribution in [2.75, 3.05) is 45.6 Å². The van der Waals surface area contributed by atoms with E-state index in [0.717, 1.165) is 51.4 Å². The molecule has 194 valence electrons. The van der Waals surface area contributed by atoms with E-state index in [1.54, 1.807) is 0 Å². The first-order valence-electron chi connectivity index (χ1n) is 13.6. The molecule has 0 spiro atoms. The number of ketones is 1. The zero-order valence-electron chi connectivity index (χ0n) is 21.0. The first-order valence-corrected chi connectivity index (χ1v) is 15.4.